The van der Waals surface area contributed by atoms with Gasteiger partial charge in [-0.05, 0) is 39.8 Å². The van der Waals surface area contributed by atoms with Crippen molar-refractivity contribution in [2.24, 2.45) is 0 Å². The van der Waals surface area contributed by atoms with Crippen LogP contribution in [0.25, 0.3) is 0 Å². The summed E-state index contributed by atoms with van der Waals surface area (Å²) in [7, 11) is -2.52. The van der Waals surface area contributed by atoms with Crippen LogP contribution in [0.15, 0.2) is 35.2 Å². The lowest BCUT2D eigenvalue weighted by atomic mass is 9.80. The Balaban J connectivity index is 0.000000238. The number of quaternary nitrogens is 1. The predicted octanol–water partition coefficient (Wildman–Crippen LogP) is 0.735. The predicted molar refractivity (Wildman–Crippen MR) is 85.8 cm³/mol. The van der Waals surface area contributed by atoms with Crippen molar-refractivity contribution in [3.8, 4) is 0 Å². The first-order chi connectivity index (χ1) is 10.4. The first-order valence-corrected chi connectivity index (χ1v) is 8.92. The second-order valence-electron chi connectivity index (χ2n) is 7.13. The average molecular weight is 345 g/mol. The lowest BCUT2D eigenvalue weighted by Crippen LogP contribution is -3.26. The molecule has 1 aliphatic heterocycles. The number of aliphatic hydroxyl groups is 1. The van der Waals surface area contributed by atoms with Gasteiger partial charge in [-0.2, -0.15) is 5.06 Å². The lowest BCUT2D eigenvalue weighted by molar-refractivity contribution is -1.16. The minimum absolute atomic E-state index is 0.00405. The van der Waals surface area contributed by atoms with Gasteiger partial charge in [0.2, 0.25) is 0 Å². The van der Waals surface area contributed by atoms with Crippen LogP contribution in [0.2, 0.25) is 0 Å². The Labute approximate surface area is 138 Å². The van der Waals surface area contributed by atoms with Crippen LogP contribution in [0.1, 0.15) is 40.5 Å². The highest BCUT2D eigenvalue weighted by Gasteiger charge is 2.50. The Hall–Kier alpha value is -0.990. The van der Waals surface area contributed by atoms with Crippen molar-refractivity contribution in [1.29, 1.82) is 0 Å². The molecule has 132 valence electrons. The number of hydrogen-bond acceptors (Lipinski definition) is 5. The maximum absolute atomic E-state index is 10.3. The molecule has 0 atom stereocenters. The summed E-state index contributed by atoms with van der Waals surface area (Å²) in [5.74, 6) is 0. The normalized spacial score (nSPS) is 26.0. The van der Waals surface area contributed by atoms with E-state index in [2.05, 4.69) is 27.7 Å². The number of aliphatic hydroxyl groups excluding tert-OH is 1. The van der Waals surface area contributed by atoms with Crippen molar-refractivity contribution >= 4 is 10.1 Å². The molecule has 6 nitrogen and oxygen atoms in total. The van der Waals surface area contributed by atoms with Gasteiger partial charge in [0.05, 0.1) is 18.1 Å². The Kier molecular flexibility index (Phi) is 6.34. The molecule has 0 amide bonds. The Bertz CT molecular complexity index is 580. The van der Waals surface area contributed by atoms with Crippen LogP contribution in [0.4, 0.5) is 0 Å². The zero-order chi connectivity index (χ0) is 17.9. The molecule has 0 aromatic heterocycles. The molecule has 0 unspecified atom stereocenters. The molecule has 1 aromatic rings. The summed E-state index contributed by atoms with van der Waals surface area (Å²) in [6.45, 7) is 8.54. The highest BCUT2D eigenvalue weighted by Crippen LogP contribution is 2.23. The van der Waals surface area contributed by atoms with E-state index in [1.54, 1.807) is 13.2 Å². The fourth-order valence-electron chi connectivity index (χ4n) is 3.49. The SMILES string of the molecule is CO[NH+]1C(C)(C)CC(O)CC1(C)C.O=S(=O)([O-])c1ccccc1. The Morgan fingerprint density at radius 2 is 1.57 bits per heavy atom. The second-order valence-corrected chi connectivity index (χ2v) is 8.51. The van der Waals surface area contributed by atoms with Crippen molar-refractivity contribution in [3.63, 3.8) is 0 Å². The van der Waals surface area contributed by atoms with E-state index in [0.29, 0.717) is 0 Å². The number of hydrogen-bond donors (Lipinski definition) is 2. The van der Waals surface area contributed by atoms with E-state index < -0.39 is 10.1 Å². The van der Waals surface area contributed by atoms with Crippen molar-refractivity contribution in [1.82, 2.24) is 0 Å². The summed E-state index contributed by atoms with van der Waals surface area (Å²) >= 11 is 0. The minimum atomic E-state index is -4.25. The first-order valence-electron chi connectivity index (χ1n) is 7.51. The molecule has 2 N–H and O–H groups in total. The number of nitrogens with one attached hydrogen (secondary N) is 1. The monoisotopic (exact) mass is 345 g/mol. The van der Waals surface area contributed by atoms with Crippen molar-refractivity contribution in [2.75, 3.05) is 7.11 Å². The molecule has 1 aromatic carbocycles. The molecule has 0 saturated carbocycles. The van der Waals surface area contributed by atoms with Crippen LogP contribution in [-0.2, 0) is 15.0 Å². The molecule has 1 heterocycles. The molecule has 0 radical (unpaired) electrons. The van der Waals surface area contributed by atoms with Gasteiger partial charge in [-0.1, -0.05) is 18.2 Å². The van der Waals surface area contributed by atoms with Crippen LogP contribution in [0.3, 0.4) is 0 Å². The molecular weight excluding hydrogens is 318 g/mol. The molecule has 7 heteroatoms. The zero-order valence-corrected chi connectivity index (χ0v) is 15.2. The number of benzene rings is 1. The number of rotatable bonds is 2. The maximum atomic E-state index is 10.3. The molecule has 1 saturated heterocycles. The van der Waals surface area contributed by atoms with Crippen LogP contribution in [-0.4, -0.2) is 42.4 Å². The minimum Gasteiger partial charge on any atom is -0.744 e. The molecule has 1 fully saturated rings. The van der Waals surface area contributed by atoms with E-state index in [4.69, 9.17) is 4.84 Å². The van der Waals surface area contributed by atoms with E-state index in [0.717, 1.165) is 17.9 Å². The van der Waals surface area contributed by atoms with E-state index in [-0.39, 0.29) is 22.1 Å². The summed E-state index contributed by atoms with van der Waals surface area (Å²) in [4.78, 5) is 5.29. The second kappa shape index (κ2) is 7.27. The number of hydroxylamine groups is 2. The fraction of sp³-hybridized carbons (Fsp3) is 0.625. The summed E-state index contributed by atoms with van der Waals surface area (Å²) in [6.07, 6.45) is 1.42. The molecule has 0 aliphatic carbocycles. The van der Waals surface area contributed by atoms with Gasteiger partial charge in [0.1, 0.15) is 21.2 Å². The van der Waals surface area contributed by atoms with Gasteiger partial charge < -0.3 is 9.66 Å². The Morgan fingerprint density at radius 3 is 1.87 bits per heavy atom. The molecular formula is C16H27NO5S. The van der Waals surface area contributed by atoms with Crippen molar-refractivity contribution in [2.45, 2.75) is 62.6 Å². The summed E-state index contributed by atoms with van der Waals surface area (Å²) in [5, 5.41) is 10.8. The van der Waals surface area contributed by atoms with Gasteiger partial charge in [-0.25, -0.2) is 13.3 Å². The Morgan fingerprint density at radius 1 is 1.13 bits per heavy atom. The van der Waals surface area contributed by atoms with Gasteiger partial charge in [0.15, 0.2) is 0 Å². The average Bonchev–Trinajstić information content (AvgIpc) is 2.36. The van der Waals surface area contributed by atoms with Gasteiger partial charge in [0.25, 0.3) is 0 Å². The third-order valence-electron chi connectivity index (χ3n) is 3.96. The van der Waals surface area contributed by atoms with Gasteiger partial charge in [0, 0.05) is 12.8 Å². The molecule has 0 spiro atoms. The molecule has 1 aliphatic rings. The highest BCUT2D eigenvalue weighted by atomic mass is 32.2. The zero-order valence-electron chi connectivity index (χ0n) is 14.4. The number of piperidine rings is 1. The maximum Gasteiger partial charge on any atom is 0.125 e. The third-order valence-corrected chi connectivity index (χ3v) is 4.81. The standard InChI is InChI=1S/C10H21NO2.C6H6O3S/c1-9(2)6-8(12)7-10(3,4)11(9)13-5;7-10(8,9)6-4-2-1-3-5-6/h8,12H,6-7H2,1-5H3;1-5H,(H,7,8,9). The molecule has 2 rings (SSSR count). The highest BCUT2D eigenvalue weighted by molar-refractivity contribution is 7.85. The van der Waals surface area contributed by atoms with Crippen LogP contribution in [0.5, 0.6) is 0 Å². The van der Waals surface area contributed by atoms with E-state index in [1.165, 1.54) is 24.3 Å². The van der Waals surface area contributed by atoms with Gasteiger partial charge >= 0.3 is 0 Å². The van der Waals surface area contributed by atoms with E-state index in [9.17, 15) is 18.1 Å². The smallest absolute Gasteiger partial charge is 0.125 e. The van der Waals surface area contributed by atoms with E-state index >= 15 is 0 Å². The van der Waals surface area contributed by atoms with E-state index in [1.807, 2.05) is 0 Å². The fourth-order valence-corrected chi connectivity index (χ4v) is 3.98. The van der Waals surface area contributed by atoms with Crippen molar-refractivity contribution in [3.05, 3.63) is 30.3 Å². The van der Waals surface area contributed by atoms with Gasteiger partial charge in [-0.15, -0.1) is 0 Å². The van der Waals surface area contributed by atoms with Crippen molar-refractivity contribution < 1.29 is 28.0 Å². The first kappa shape index (κ1) is 20.1. The largest absolute Gasteiger partial charge is 0.744 e. The van der Waals surface area contributed by atoms with Crippen LogP contribution < -0.4 is 5.06 Å². The molecule has 0 bridgehead atoms. The van der Waals surface area contributed by atoms with Gasteiger partial charge in [-0.3, -0.25) is 0 Å². The third kappa shape index (κ3) is 5.54. The summed E-state index contributed by atoms with van der Waals surface area (Å²) in [5.41, 5.74) is -0.00810. The summed E-state index contributed by atoms with van der Waals surface area (Å²) in [6, 6.07) is 7.19. The van der Waals surface area contributed by atoms with Crippen LogP contribution in [0, 0.1) is 0 Å². The quantitative estimate of drug-likeness (QED) is 0.771. The van der Waals surface area contributed by atoms with Crippen LogP contribution >= 0.6 is 0 Å². The lowest BCUT2D eigenvalue weighted by Gasteiger charge is -2.47. The summed E-state index contributed by atoms with van der Waals surface area (Å²) < 4.78 is 30.8. The topological polar surface area (TPSA) is 91.1 Å². The molecule has 23 heavy (non-hydrogen) atoms.